The van der Waals surface area contributed by atoms with Crippen LogP contribution in [0.2, 0.25) is 5.02 Å². The zero-order chi connectivity index (χ0) is 13.3. The highest BCUT2D eigenvalue weighted by Gasteiger charge is 2.46. The van der Waals surface area contributed by atoms with Crippen LogP contribution >= 0.6 is 11.6 Å². The minimum absolute atomic E-state index is 0.0914. The smallest absolute Gasteiger partial charge is 0.343 e. The van der Waals surface area contributed by atoms with Gasteiger partial charge in [0.05, 0.1) is 6.54 Å². The zero-order valence-electron chi connectivity index (χ0n) is 9.40. The van der Waals surface area contributed by atoms with Gasteiger partial charge in [-0.3, -0.25) is 4.79 Å². The van der Waals surface area contributed by atoms with Gasteiger partial charge in [0.2, 0.25) is 5.67 Å². The van der Waals surface area contributed by atoms with E-state index < -0.39 is 24.1 Å². The van der Waals surface area contributed by atoms with Crippen molar-refractivity contribution in [3.05, 3.63) is 34.9 Å². The summed E-state index contributed by atoms with van der Waals surface area (Å²) in [6, 6.07) is 6.28. The highest BCUT2D eigenvalue weighted by molar-refractivity contribution is 6.30. The molecule has 1 fully saturated rings. The number of rotatable bonds is 2. The summed E-state index contributed by atoms with van der Waals surface area (Å²) in [6.45, 7) is -0.332. The monoisotopic (exact) mass is 271 g/mol. The quantitative estimate of drug-likeness (QED) is 0.895. The van der Waals surface area contributed by atoms with Gasteiger partial charge in [-0.25, -0.2) is 9.18 Å². The van der Waals surface area contributed by atoms with Crippen LogP contribution in [0.15, 0.2) is 24.3 Å². The van der Waals surface area contributed by atoms with Gasteiger partial charge in [0.15, 0.2) is 0 Å². The number of halogens is 2. The average Bonchev–Trinajstić information content (AvgIpc) is 2.72. The molecule has 4 nitrogen and oxygen atoms in total. The van der Waals surface area contributed by atoms with E-state index in [9.17, 15) is 14.0 Å². The van der Waals surface area contributed by atoms with Gasteiger partial charge in [-0.15, -0.1) is 0 Å². The molecule has 1 N–H and O–H groups in total. The molecule has 0 bridgehead atoms. The highest BCUT2D eigenvalue weighted by atomic mass is 35.5. The number of carboxylic acids is 1. The van der Waals surface area contributed by atoms with Crippen LogP contribution in [0.25, 0.3) is 0 Å². The minimum Gasteiger partial charge on any atom is -0.479 e. The van der Waals surface area contributed by atoms with Crippen molar-refractivity contribution in [2.24, 2.45) is 0 Å². The lowest BCUT2D eigenvalue weighted by Gasteiger charge is -2.17. The van der Waals surface area contributed by atoms with Gasteiger partial charge in [-0.2, -0.15) is 0 Å². The second-order valence-electron chi connectivity index (χ2n) is 4.26. The lowest BCUT2D eigenvalue weighted by atomic mass is 10.1. The normalized spacial score (nSPS) is 23.1. The molecule has 0 saturated carbocycles. The van der Waals surface area contributed by atoms with E-state index in [1.54, 1.807) is 18.2 Å². The molecule has 2 rings (SSSR count). The number of carbonyl (C=O) groups excluding carboxylic acids is 1. The molecule has 1 aliphatic rings. The molecule has 1 saturated heterocycles. The maximum atomic E-state index is 13.8. The van der Waals surface area contributed by atoms with Gasteiger partial charge in [-0.1, -0.05) is 17.7 Å². The molecular weight excluding hydrogens is 261 g/mol. The van der Waals surface area contributed by atoms with Crippen LogP contribution in [-0.2, 0) is 4.79 Å². The Hall–Kier alpha value is -1.62. The molecule has 1 heterocycles. The van der Waals surface area contributed by atoms with E-state index in [2.05, 4.69) is 0 Å². The van der Waals surface area contributed by atoms with Crippen LogP contribution in [0, 0.1) is 0 Å². The lowest BCUT2D eigenvalue weighted by molar-refractivity contribution is -0.149. The third kappa shape index (κ3) is 2.31. The molecule has 0 aromatic heterocycles. The Bertz CT molecular complexity index is 508. The molecule has 96 valence electrons. The Labute approximate surface area is 108 Å². The Kier molecular flexibility index (Phi) is 3.26. The predicted molar refractivity (Wildman–Crippen MR) is 63.4 cm³/mol. The lowest BCUT2D eigenvalue weighted by Crippen LogP contribution is -2.38. The first kappa shape index (κ1) is 12.8. The van der Waals surface area contributed by atoms with Gasteiger partial charge < -0.3 is 10.0 Å². The van der Waals surface area contributed by atoms with Crippen molar-refractivity contribution in [1.82, 2.24) is 4.90 Å². The van der Waals surface area contributed by atoms with Crippen LogP contribution in [0.4, 0.5) is 4.39 Å². The van der Waals surface area contributed by atoms with E-state index in [0.717, 1.165) is 0 Å². The van der Waals surface area contributed by atoms with Crippen LogP contribution in [0.1, 0.15) is 16.8 Å². The topological polar surface area (TPSA) is 57.6 Å². The molecule has 6 heteroatoms. The van der Waals surface area contributed by atoms with Crippen molar-refractivity contribution in [3.8, 4) is 0 Å². The maximum Gasteiger partial charge on any atom is 0.343 e. The standard InChI is InChI=1S/C12H11ClFNO3/c13-9-3-1-2-8(6-9)10(16)15-5-4-12(14,7-15)11(17)18/h1-3,6H,4-5,7H2,(H,17,18). The van der Waals surface area contributed by atoms with Crippen LogP contribution in [-0.4, -0.2) is 40.6 Å². The van der Waals surface area contributed by atoms with E-state index in [-0.39, 0.29) is 13.0 Å². The van der Waals surface area contributed by atoms with Crippen molar-refractivity contribution < 1.29 is 19.1 Å². The molecule has 1 aliphatic heterocycles. The molecule has 1 amide bonds. The molecule has 1 atom stereocenters. The molecule has 1 aromatic rings. The predicted octanol–water partition coefficient (Wildman–Crippen LogP) is 1.98. The first-order chi connectivity index (χ1) is 8.42. The van der Waals surface area contributed by atoms with Crippen LogP contribution < -0.4 is 0 Å². The second-order valence-corrected chi connectivity index (χ2v) is 4.69. The van der Waals surface area contributed by atoms with Crippen LogP contribution in [0.5, 0.6) is 0 Å². The first-order valence-electron chi connectivity index (χ1n) is 5.39. The molecule has 0 spiro atoms. The van der Waals surface area contributed by atoms with Crippen molar-refractivity contribution in [2.75, 3.05) is 13.1 Å². The summed E-state index contributed by atoms with van der Waals surface area (Å²) >= 11 is 5.76. The number of aliphatic carboxylic acids is 1. The number of hydrogen-bond acceptors (Lipinski definition) is 2. The van der Waals surface area contributed by atoms with Gasteiger partial charge >= 0.3 is 5.97 Å². The van der Waals surface area contributed by atoms with Gasteiger partial charge in [-0.05, 0) is 18.2 Å². The fourth-order valence-corrected chi connectivity index (χ4v) is 2.12. The number of hydrogen-bond donors (Lipinski definition) is 1. The maximum absolute atomic E-state index is 13.8. The van der Waals surface area contributed by atoms with E-state index in [1.165, 1.54) is 11.0 Å². The number of likely N-dealkylation sites (tertiary alicyclic amines) is 1. The Morgan fingerprint density at radius 3 is 2.72 bits per heavy atom. The summed E-state index contributed by atoms with van der Waals surface area (Å²) in [5, 5.41) is 9.16. The third-order valence-corrected chi connectivity index (χ3v) is 3.20. The third-order valence-electron chi connectivity index (χ3n) is 2.96. The Morgan fingerprint density at radius 2 is 2.17 bits per heavy atom. The summed E-state index contributed by atoms with van der Waals surface area (Å²) in [6.07, 6.45) is -0.186. The summed E-state index contributed by atoms with van der Waals surface area (Å²) in [4.78, 5) is 24.0. The number of amides is 1. The summed E-state index contributed by atoms with van der Waals surface area (Å²) in [5.74, 6) is -1.93. The second kappa shape index (κ2) is 4.57. The molecule has 1 unspecified atom stereocenters. The molecule has 1 aromatic carbocycles. The average molecular weight is 272 g/mol. The number of carbonyl (C=O) groups is 2. The minimum atomic E-state index is -2.34. The van der Waals surface area contributed by atoms with Crippen LogP contribution in [0.3, 0.4) is 0 Å². The fourth-order valence-electron chi connectivity index (χ4n) is 1.92. The van der Waals surface area contributed by atoms with Gasteiger partial charge in [0.1, 0.15) is 0 Å². The molecule has 0 radical (unpaired) electrons. The van der Waals surface area contributed by atoms with Gasteiger partial charge in [0, 0.05) is 23.6 Å². The zero-order valence-corrected chi connectivity index (χ0v) is 10.2. The van der Waals surface area contributed by atoms with Crippen molar-refractivity contribution in [1.29, 1.82) is 0 Å². The van der Waals surface area contributed by atoms with Gasteiger partial charge in [0.25, 0.3) is 5.91 Å². The molecule has 0 aliphatic carbocycles. The Balaban J connectivity index is 2.15. The van der Waals surface area contributed by atoms with Crippen molar-refractivity contribution in [2.45, 2.75) is 12.1 Å². The summed E-state index contributed by atoms with van der Waals surface area (Å²) in [5.41, 5.74) is -2.01. The SMILES string of the molecule is O=C(c1cccc(Cl)c1)N1CCC(F)(C(=O)O)C1. The molecule has 18 heavy (non-hydrogen) atoms. The number of carboxylic acid groups (broad SMARTS) is 1. The van der Waals surface area contributed by atoms with Crippen molar-refractivity contribution >= 4 is 23.5 Å². The first-order valence-corrected chi connectivity index (χ1v) is 5.77. The van der Waals surface area contributed by atoms with E-state index >= 15 is 0 Å². The number of nitrogens with zero attached hydrogens (tertiary/aromatic N) is 1. The van der Waals surface area contributed by atoms with Crippen molar-refractivity contribution in [3.63, 3.8) is 0 Å². The highest BCUT2D eigenvalue weighted by Crippen LogP contribution is 2.27. The molecular formula is C12H11ClFNO3. The number of alkyl halides is 1. The Morgan fingerprint density at radius 1 is 1.44 bits per heavy atom. The largest absolute Gasteiger partial charge is 0.479 e. The fraction of sp³-hybridized carbons (Fsp3) is 0.333. The van der Waals surface area contributed by atoms with E-state index in [0.29, 0.717) is 10.6 Å². The van der Waals surface area contributed by atoms with E-state index in [4.69, 9.17) is 16.7 Å². The summed E-state index contributed by atoms with van der Waals surface area (Å²) in [7, 11) is 0. The number of benzene rings is 1. The van der Waals surface area contributed by atoms with E-state index in [1.807, 2.05) is 0 Å². The summed E-state index contributed by atoms with van der Waals surface area (Å²) < 4.78 is 13.8.